The van der Waals surface area contributed by atoms with Gasteiger partial charge >= 0.3 is 5.97 Å². The number of hydrogen-bond donors (Lipinski definition) is 0. The smallest absolute Gasteiger partial charge is 0.303 e. The van der Waals surface area contributed by atoms with E-state index in [4.69, 9.17) is 9.47 Å². The lowest BCUT2D eigenvalue weighted by Gasteiger charge is -2.36. The molecule has 0 bridgehead atoms. The molecule has 0 spiro atoms. The van der Waals surface area contributed by atoms with Crippen LogP contribution in [-0.2, 0) is 14.3 Å². The minimum absolute atomic E-state index is 0.208. The second-order valence-corrected chi connectivity index (χ2v) is 4.04. The number of carbonyl (C=O) groups is 1. The average molecular weight is 229 g/mol. The van der Waals surface area contributed by atoms with E-state index in [1.807, 2.05) is 6.92 Å². The highest BCUT2D eigenvalue weighted by Gasteiger charge is 2.37. The van der Waals surface area contributed by atoms with Crippen molar-refractivity contribution in [3.8, 4) is 0 Å². The molecule has 0 amide bonds. The standard InChI is InChI=1S/C10H15NO3S/c1-6-4-13-10(11-5-15)9(7(6)2)14-8(3)12/h6-7,9-10H,4H2,1-3H3/t6-,7-,9+,10+/m1/s1. The van der Waals surface area contributed by atoms with E-state index in [-0.39, 0.29) is 18.0 Å². The summed E-state index contributed by atoms with van der Waals surface area (Å²) in [7, 11) is 0. The molecule has 0 aromatic rings. The van der Waals surface area contributed by atoms with Crippen LogP contribution in [0, 0.1) is 11.8 Å². The zero-order chi connectivity index (χ0) is 11.4. The van der Waals surface area contributed by atoms with Crippen molar-refractivity contribution in [1.29, 1.82) is 0 Å². The Morgan fingerprint density at radius 3 is 2.80 bits per heavy atom. The average Bonchev–Trinajstić information content (AvgIpc) is 2.17. The Bertz CT molecular complexity index is 288. The van der Waals surface area contributed by atoms with Crippen molar-refractivity contribution in [1.82, 2.24) is 0 Å². The molecule has 15 heavy (non-hydrogen) atoms. The van der Waals surface area contributed by atoms with Crippen molar-refractivity contribution < 1.29 is 14.3 Å². The highest BCUT2D eigenvalue weighted by Crippen LogP contribution is 2.28. The van der Waals surface area contributed by atoms with Crippen molar-refractivity contribution in [3.63, 3.8) is 0 Å². The normalized spacial score (nSPS) is 35.4. The van der Waals surface area contributed by atoms with Crippen LogP contribution in [0.25, 0.3) is 0 Å². The summed E-state index contributed by atoms with van der Waals surface area (Å²) in [6, 6.07) is 0. The molecule has 0 aromatic heterocycles. The third-order valence-corrected chi connectivity index (χ3v) is 2.81. The van der Waals surface area contributed by atoms with Crippen LogP contribution in [0.1, 0.15) is 20.8 Å². The van der Waals surface area contributed by atoms with Gasteiger partial charge in [-0.2, -0.15) is 4.99 Å². The summed E-state index contributed by atoms with van der Waals surface area (Å²) in [4.78, 5) is 14.8. The van der Waals surface area contributed by atoms with Crippen LogP contribution < -0.4 is 0 Å². The maximum absolute atomic E-state index is 10.9. The Morgan fingerprint density at radius 1 is 1.60 bits per heavy atom. The second kappa shape index (κ2) is 5.35. The third-order valence-electron chi connectivity index (χ3n) is 2.71. The Balaban J connectivity index is 2.78. The summed E-state index contributed by atoms with van der Waals surface area (Å²) in [5, 5.41) is 2.27. The van der Waals surface area contributed by atoms with Gasteiger partial charge in [-0.05, 0) is 18.1 Å². The molecule has 4 atom stereocenters. The maximum atomic E-state index is 10.9. The first-order chi connectivity index (χ1) is 7.06. The quantitative estimate of drug-likeness (QED) is 0.410. The predicted molar refractivity (Wildman–Crippen MR) is 58.6 cm³/mol. The Hall–Kier alpha value is -0.770. The molecule has 84 valence electrons. The molecule has 0 N–H and O–H groups in total. The van der Waals surface area contributed by atoms with E-state index in [2.05, 4.69) is 29.3 Å². The van der Waals surface area contributed by atoms with Crippen molar-refractivity contribution >= 4 is 23.3 Å². The fraction of sp³-hybridized carbons (Fsp3) is 0.800. The van der Waals surface area contributed by atoms with Crippen molar-refractivity contribution in [2.45, 2.75) is 33.1 Å². The van der Waals surface area contributed by atoms with Gasteiger partial charge in [0.15, 0.2) is 12.3 Å². The van der Waals surface area contributed by atoms with E-state index in [1.54, 1.807) is 0 Å². The topological polar surface area (TPSA) is 47.9 Å². The largest absolute Gasteiger partial charge is 0.457 e. The van der Waals surface area contributed by atoms with E-state index in [0.29, 0.717) is 12.5 Å². The van der Waals surface area contributed by atoms with Crippen LogP contribution >= 0.6 is 12.2 Å². The first-order valence-electron chi connectivity index (χ1n) is 4.92. The first-order valence-corrected chi connectivity index (χ1v) is 5.33. The zero-order valence-corrected chi connectivity index (χ0v) is 9.91. The van der Waals surface area contributed by atoms with Crippen LogP contribution in [0.5, 0.6) is 0 Å². The number of hydrogen-bond acceptors (Lipinski definition) is 5. The van der Waals surface area contributed by atoms with Crippen molar-refractivity contribution in [3.05, 3.63) is 0 Å². The van der Waals surface area contributed by atoms with E-state index in [1.165, 1.54) is 6.92 Å². The number of ether oxygens (including phenoxy) is 2. The summed E-state index contributed by atoms with van der Waals surface area (Å²) >= 11 is 4.53. The minimum Gasteiger partial charge on any atom is -0.457 e. The molecule has 0 aliphatic carbocycles. The molecule has 0 saturated carbocycles. The maximum Gasteiger partial charge on any atom is 0.303 e. The molecule has 0 radical (unpaired) electrons. The zero-order valence-electron chi connectivity index (χ0n) is 9.10. The van der Waals surface area contributed by atoms with Crippen LogP contribution in [0.2, 0.25) is 0 Å². The summed E-state index contributed by atoms with van der Waals surface area (Å²) in [5.74, 6) is 0.222. The van der Waals surface area contributed by atoms with Gasteiger partial charge < -0.3 is 9.47 Å². The molecule has 1 aliphatic heterocycles. The van der Waals surface area contributed by atoms with E-state index < -0.39 is 6.23 Å². The van der Waals surface area contributed by atoms with Gasteiger partial charge in [-0.3, -0.25) is 4.79 Å². The van der Waals surface area contributed by atoms with Gasteiger partial charge in [0.1, 0.15) is 0 Å². The number of esters is 1. The van der Waals surface area contributed by atoms with E-state index in [0.717, 1.165) is 0 Å². The Morgan fingerprint density at radius 2 is 2.27 bits per heavy atom. The SMILES string of the molecule is CC(=O)O[C@H]1[C@H](C)[C@H](C)CO[C@@H]1N=C=S. The van der Waals surface area contributed by atoms with Crippen molar-refractivity contribution in [2.24, 2.45) is 16.8 Å². The Kier molecular flexibility index (Phi) is 4.39. The molecular weight excluding hydrogens is 214 g/mol. The highest BCUT2D eigenvalue weighted by molar-refractivity contribution is 7.78. The molecule has 1 rings (SSSR count). The summed E-state index contributed by atoms with van der Waals surface area (Å²) < 4.78 is 10.6. The van der Waals surface area contributed by atoms with E-state index in [9.17, 15) is 4.79 Å². The van der Waals surface area contributed by atoms with Gasteiger partial charge in [-0.15, -0.1) is 0 Å². The molecule has 1 saturated heterocycles. The third kappa shape index (κ3) is 3.09. The van der Waals surface area contributed by atoms with Gasteiger partial charge in [0.25, 0.3) is 0 Å². The molecule has 1 fully saturated rings. The lowest BCUT2D eigenvalue weighted by Crippen LogP contribution is -2.45. The van der Waals surface area contributed by atoms with E-state index >= 15 is 0 Å². The predicted octanol–water partition coefficient (Wildman–Crippen LogP) is 1.65. The monoisotopic (exact) mass is 229 g/mol. The highest BCUT2D eigenvalue weighted by atomic mass is 32.1. The summed E-state index contributed by atoms with van der Waals surface area (Å²) in [6.07, 6.45) is -0.862. The number of rotatable bonds is 2. The van der Waals surface area contributed by atoms with Crippen molar-refractivity contribution in [2.75, 3.05) is 6.61 Å². The van der Waals surface area contributed by atoms with Gasteiger partial charge in [0, 0.05) is 12.8 Å². The molecule has 0 aromatic carbocycles. The fourth-order valence-electron chi connectivity index (χ4n) is 1.60. The molecular formula is C10H15NO3S. The number of carbonyl (C=O) groups excluding carboxylic acids is 1. The summed E-state index contributed by atoms with van der Waals surface area (Å²) in [6.45, 7) is 6.06. The van der Waals surface area contributed by atoms with Gasteiger partial charge in [-0.1, -0.05) is 13.8 Å². The molecule has 5 heteroatoms. The number of thiocarbonyl (C=S) groups is 1. The molecule has 1 aliphatic rings. The van der Waals surface area contributed by atoms with Gasteiger partial charge in [0.2, 0.25) is 0 Å². The van der Waals surface area contributed by atoms with Crippen LogP contribution in [0.4, 0.5) is 0 Å². The molecule has 4 nitrogen and oxygen atoms in total. The number of aliphatic imine (C=N–C) groups is 1. The fourth-order valence-corrected chi connectivity index (χ4v) is 1.70. The first kappa shape index (κ1) is 12.3. The molecule has 1 heterocycles. The minimum atomic E-state index is -0.502. The number of nitrogens with zero attached hydrogens (tertiary/aromatic N) is 1. The van der Waals surface area contributed by atoms with Crippen LogP contribution in [0.3, 0.4) is 0 Å². The number of isothiocyanates is 1. The van der Waals surface area contributed by atoms with Crippen LogP contribution in [-0.4, -0.2) is 30.1 Å². The second-order valence-electron chi connectivity index (χ2n) is 3.85. The lowest BCUT2D eigenvalue weighted by molar-refractivity contribution is -0.174. The van der Waals surface area contributed by atoms with Crippen LogP contribution in [0.15, 0.2) is 4.99 Å². The lowest BCUT2D eigenvalue weighted by atomic mass is 9.88. The Labute approximate surface area is 94.7 Å². The summed E-state index contributed by atoms with van der Waals surface area (Å²) in [5.41, 5.74) is 0. The van der Waals surface area contributed by atoms with Gasteiger partial charge in [-0.25, -0.2) is 0 Å². The molecule has 0 unspecified atom stereocenters. The van der Waals surface area contributed by atoms with Gasteiger partial charge in [0.05, 0.1) is 11.8 Å².